The Kier molecular flexibility index (Phi) is 17.0. The van der Waals surface area contributed by atoms with Gasteiger partial charge in [0.1, 0.15) is 6.04 Å². The number of ether oxygens (including phenoxy) is 1. The number of rotatable bonds is 24. The highest BCUT2D eigenvalue weighted by atomic mass is 19.4. The van der Waals surface area contributed by atoms with Crippen molar-refractivity contribution >= 4 is 11.9 Å². The third-order valence-electron chi connectivity index (χ3n) is 7.10. The van der Waals surface area contributed by atoms with Gasteiger partial charge in [-0.3, -0.25) is 4.79 Å². The van der Waals surface area contributed by atoms with Crippen LogP contribution in [0.15, 0.2) is 12.7 Å². The summed E-state index contributed by atoms with van der Waals surface area (Å²) < 4.78 is 205. The van der Waals surface area contributed by atoms with E-state index < -0.39 is 72.7 Å². The van der Waals surface area contributed by atoms with Gasteiger partial charge in [-0.1, -0.05) is 90.0 Å². The highest BCUT2D eigenvalue weighted by Crippen LogP contribution is 2.62. The van der Waals surface area contributed by atoms with E-state index in [0.29, 0.717) is 18.9 Å². The maximum absolute atomic E-state index is 14.2. The molecule has 0 aliphatic rings. The molecule has 278 valence electrons. The first-order valence-electron chi connectivity index (χ1n) is 14.7. The van der Waals surface area contributed by atoms with Crippen molar-refractivity contribution in [1.82, 2.24) is 5.32 Å². The van der Waals surface area contributed by atoms with E-state index in [1.807, 2.05) is 0 Å². The minimum Gasteiger partial charge on any atom is -0.464 e. The quantitative estimate of drug-likeness (QED) is 0.0468. The first-order chi connectivity index (χ1) is 21.3. The first-order valence-corrected chi connectivity index (χ1v) is 14.7. The van der Waals surface area contributed by atoms with E-state index >= 15 is 0 Å². The summed E-state index contributed by atoms with van der Waals surface area (Å²) in [4.78, 5) is 24.0. The molecule has 0 rings (SSSR count). The molecule has 0 saturated carbocycles. The van der Waals surface area contributed by atoms with Crippen LogP contribution in [0.3, 0.4) is 0 Å². The van der Waals surface area contributed by atoms with Gasteiger partial charge in [0.15, 0.2) is 0 Å². The van der Waals surface area contributed by atoms with E-state index in [2.05, 4.69) is 13.5 Å². The van der Waals surface area contributed by atoms with E-state index in [-0.39, 0.29) is 6.42 Å². The molecule has 0 spiro atoms. The minimum atomic E-state index is -8.53. The Morgan fingerprint density at radius 2 is 0.957 bits per heavy atom. The largest absolute Gasteiger partial charge is 0.464 e. The summed E-state index contributed by atoms with van der Waals surface area (Å²) in [6.45, 7) is 4.78. The molecule has 0 heterocycles. The van der Waals surface area contributed by atoms with Gasteiger partial charge >= 0.3 is 47.7 Å². The Morgan fingerprint density at radius 3 is 1.34 bits per heavy atom. The van der Waals surface area contributed by atoms with Crippen LogP contribution in [-0.2, 0) is 14.3 Å². The molecule has 0 aromatic heterocycles. The van der Waals surface area contributed by atoms with E-state index in [0.717, 1.165) is 50.3 Å². The third-order valence-corrected chi connectivity index (χ3v) is 7.10. The number of unbranched alkanes of at least 4 members (excludes halogenated alkanes) is 12. The molecule has 0 fully saturated rings. The van der Waals surface area contributed by atoms with E-state index in [9.17, 15) is 75.4 Å². The SMILES string of the molecule is C=CCC(NC(=O)C(F)(F)C(F)(F)C(F)(F)C(F)(F)C(F)(F)C(F)(F)C(F)(F)F)C(=O)OCCCCCCCCCCCCCCC. The van der Waals surface area contributed by atoms with Crippen LogP contribution < -0.4 is 5.32 Å². The predicted molar refractivity (Wildman–Crippen MR) is 139 cm³/mol. The van der Waals surface area contributed by atoms with E-state index in [4.69, 9.17) is 4.74 Å². The topological polar surface area (TPSA) is 55.4 Å². The highest BCUT2D eigenvalue weighted by Gasteiger charge is 2.94. The van der Waals surface area contributed by atoms with Crippen molar-refractivity contribution in [2.24, 2.45) is 0 Å². The van der Waals surface area contributed by atoms with Gasteiger partial charge in [-0.05, 0) is 12.8 Å². The maximum atomic E-state index is 14.2. The lowest BCUT2D eigenvalue weighted by atomic mass is 9.90. The van der Waals surface area contributed by atoms with Gasteiger partial charge in [-0.15, -0.1) is 6.58 Å². The van der Waals surface area contributed by atoms with Crippen molar-refractivity contribution in [2.75, 3.05) is 6.61 Å². The predicted octanol–water partition coefficient (Wildman–Crippen LogP) is 10.1. The van der Waals surface area contributed by atoms with Crippen LogP contribution in [0.4, 0.5) is 65.9 Å². The number of hydrogen-bond acceptors (Lipinski definition) is 3. The lowest BCUT2D eigenvalue weighted by molar-refractivity contribution is -0.449. The fourth-order valence-corrected chi connectivity index (χ4v) is 4.13. The van der Waals surface area contributed by atoms with Crippen LogP contribution in [0.25, 0.3) is 0 Å². The molecule has 0 aromatic carbocycles. The molecular weight excluding hydrogens is 683 g/mol. The van der Waals surface area contributed by atoms with Crippen molar-refractivity contribution in [3.05, 3.63) is 12.7 Å². The Hall–Kier alpha value is -2.37. The van der Waals surface area contributed by atoms with Crippen LogP contribution in [0.5, 0.6) is 0 Å². The van der Waals surface area contributed by atoms with Gasteiger partial charge in [0.25, 0.3) is 5.91 Å². The number of alkyl halides is 15. The van der Waals surface area contributed by atoms with Gasteiger partial charge in [-0.2, -0.15) is 65.9 Å². The molecule has 0 saturated heterocycles. The molecule has 0 radical (unpaired) electrons. The molecule has 4 nitrogen and oxygen atoms in total. The number of amides is 1. The fourth-order valence-electron chi connectivity index (χ4n) is 4.13. The van der Waals surface area contributed by atoms with Gasteiger partial charge in [-0.25, -0.2) is 4.79 Å². The minimum absolute atomic E-state index is 0.199. The van der Waals surface area contributed by atoms with Crippen LogP contribution in [0, 0.1) is 0 Å². The molecule has 0 aliphatic heterocycles. The Labute approximate surface area is 261 Å². The summed E-state index contributed by atoms with van der Waals surface area (Å²) in [5.41, 5.74) is 0. The average molecular weight is 722 g/mol. The smallest absolute Gasteiger partial charge is 0.460 e. The second-order valence-electron chi connectivity index (χ2n) is 10.9. The monoisotopic (exact) mass is 721 g/mol. The summed E-state index contributed by atoms with van der Waals surface area (Å²) >= 11 is 0. The normalized spacial score (nSPS) is 14.6. The Morgan fingerprint density at radius 1 is 0.596 bits per heavy atom. The van der Waals surface area contributed by atoms with E-state index in [1.54, 1.807) is 0 Å². The molecule has 47 heavy (non-hydrogen) atoms. The van der Waals surface area contributed by atoms with Crippen molar-refractivity contribution in [3.8, 4) is 0 Å². The Bertz CT molecular complexity index is 985. The Balaban J connectivity index is 5.26. The number of carbonyl (C=O) groups excluding carboxylic acids is 2. The zero-order chi connectivity index (χ0) is 37.0. The lowest BCUT2D eigenvalue weighted by Gasteiger charge is -2.41. The fraction of sp³-hybridized carbons (Fsp3) is 0.857. The van der Waals surface area contributed by atoms with Crippen molar-refractivity contribution in [3.63, 3.8) is 0 Å². The van der Waals surface area contributed by atoms with Crippen LogP contribution in [-0.4, -0.2) is 66.2 Å². The molecule has 0 aliphatic carbocycles. The van der Waals surface area contributed by atoms with Crippen LogP contribution in [0.1, 0.15) is 96.8 Å². The summed E-state index contributed by atoms with van der Waals surface area (Å²) in [7, 11) is 0. The summed E-state index contributed by atoms with van der Waals surface area (Å²) in [6.07, 6.45) is 4.37. The van der Waals surface area contributed by atoms with Crippen molar-refractivity contribution in [1.29, 1.82) is 0 Å². The average Bonchev–Trinajstić information content (AvgIpc) is 2.95. The third kappa shape index (κ3) is 10.6. The van der Waals surface area contributed by atoms with Crippen molar-refractivity contribution in [2.45, 2.75) is 145 Å². The maximum Gasteiger partial charge on any atom is 0.460 e. The van der Waals surface area contributed by atoms with E-state index in [1.165, 1.54) is 19.3 Å². The molecule has 19 heteroatoms. The summed E-state index contributed by atoms with van der Waals surface area (Å²) in [5, 5.41) is 0.772. The number of carbonyl (C=O) groups is 2. The number of halogens is 15. The van der Waals surface area contributed by atoms with Crippen LogP contribution >= 0.6 is 0 Å². The lowest BCUT2D eigenvalue weighted by Crippen LogP contribution is -2.74. The number of nitrogens with one attached hydrogen (secondary N) is 1. The van der Waals surface area contributed by atoms with Gasteiger partial charge in [0.05, 0.1) is 6.61 Å². The second kappa shape index (κ2) is 17.9. The highest BCUT2D eigenvalue weighted by molar-refractivity contribution is 5.89. The molecule has 0 bridgehead atoms. The molecule has 1 unspecified atom stereocenters. The van der Waals surface area contributed by atoms with Gasteiger partial charge in [0.2, 0.25) is 0 Å². The molecule has 1 atom stereocenters. The number of hydrogen-bond donors (Lipinski definition) is 1. The summed E-state index contributed by atoms with van der Waals surface area (Å²) in [5.74, 6) is -54.0. The molecule has 0 aromatic rings. The summed E-state index contributed by atoms with van der Waals surface area (Å²) in [6, 6.07) is -2.39. The standard InChI is InChI=1S/C28H38F15NO3/c1-3-5-6-7-8-9-10-11-12-13-14-15-16-18-47-20(45)19(17-4-2)44-21(46)22(29,30)23(31,32)24(33,34)25(35,36)26(37,38)27(39,40)28(41,42)43/h4,19H,2-3,5-18H2,1H3,(H,44,46). The number of esters is 1. The zero-order valence-electron chi connectivity index (χ0n) is 25.4. The zero-order valence-corrected chi connectivity index (χ0v) is 25.4. The van der Waals surface area contributed by atoms with Gasteiger partial charge < -0.3 is 10.1 Å². The second-order valence-corrected chi connectivity index (χ2v) is 10.9. The van der Waals surface area contributed by atoms with Gasteiger partial charge in [0, 0.05) is 0 Å². The molecular formula is C28H38F15NO3. The molecule has 1 amide bonds. The molecule has 1 N–H and O–H groups in total. The first kappa shape index (κ1) is 44.6. The van der Waals surface area contributed by atoms with Crippen molar-refractivity contribution < 1.29 is 80.2 Å². The van der Waals surface area contributed by atoms with Crippen LogP contribution in [0.2, 0.25) is 0 Å².